The monoisotopic (exact) mass is 327 g/mol. The molecule has 0 heterocycles. The van der Waals surface area contributed by atoms with E-state index in [1.807, 2.05) is 36.4 Å². The van der Waals surface area contributed by atoms with E-state index < -0.39 is 10.0 Å². The predicted molar refractivity (Wildman–Crippen MR) is 95.8 cm³/mol. The third-order valence-corrected chi connectivity index (χ3v) is 5.68. The third kappa shape index (κ3) is 3.48. The molecule has 1 aliphatic rings. The fraction of sp³-hybridized carbons (Fsp3) is 0.263. The van der Waals surface area contributed by atoms with E-state index >= 15 is 0 Å². The maximum atomic E-state index is 12.7. The molecule has 0 unspecified atom stereocenters. The summed E-state index contributed by atoms with van der Waals surface area (Å²) >= 11 is 0. The van der Waals surface area contributed by atoms with Gasteiger partial charge in [-0.05, 0) is 53.7 Å². The van der Waals surface area contributed by atoms with Crippen LogP contribution in [0.25, 0.3) is 6.08 Å². The molecule has 3 nitrogen and oxygen atoms in total. The molecule has 0 amide bonds. The van der Waals surface area contributed by atoms with E-state index in [1.54, 1.807) is 12.1 Å². The number of rotatable bonds is 4. The van der Waals surface area contributed by atoms with Crippen LogP contribution in [0.2, 0.25) is 0 Å². The Morgan fingerprint density at radius 2 is 1.78 bits per heavy atom. The van der Waals surface area contributed by atoms with Crippen molar-refractivity contribution in [3.8, 4) is 0 Å². The Bertz CT molecular complexity index is 851. The van der Waals surface area contributed by atoms with Crippen LogP contribution in [0.3, 0.4) is 0 Å². The van der Waals surface area contributed by atoms with Crippen molar-refractivity contribution >= 4 is 21.8 Å². The van der Waals surface area contributed by atoms with Crippen LogP contribution < -0.4 is 4.72 Å². The van der Waals surface area contributed by atoms with Crippen LogP contribution in [0.15, 0.2) is 53.4 Å². The Balaban J connectivity index is 1.88. The summed E-state index contributed by atoms with van der Waals surface area (Å²) in [6.07, 6.45) is 3.08. The molecule has 0 fully saturated rings. The lowest BCUT2D eigenvalue weighted by atomic mass is 9.98. The molecule has 0 spiro atoms. The van der Waals surface area contributed by atoms with Gasteiger partial charge in [0.15, 0.2) is 0 Å². The summed E-state index contributed by atoms with van der Waals surface area (Å²) in [6.45, 7) is 4.18. The molecule has 0 radical (unpaired) electrons. The molecule has 1 aliphatic carbocycles. The average Bonchev–Trinajstić information content (AvgIpc) is 2.54. The molecule has 0 aromatic heterocycles. The highest BCUT2D eigenvalue weighted by Gasteiger charge is 2.21. The number of nitrogens with one attached hydrogen (secondary N) is 1. The molecule has 0 saturated heterocycles. The van der Waals surface area contributed by atoms with Gasteiger partial charge in [-0.15, -0.1) is 0 Å². The van der Waals surface area contributed by atoms with Gasteiger partial charge in [0.25, 0.3) is 10.0 Å². The Labute approximate surface area is 138 Å². The zero-order valence-electron chi connectivity index (χ0n) is 13.4. The minimum absolute atomic E-state index is 0.361. The first-order valence-electron chi connectivity index (χ1n) is 7.87. The van der Waals surface area contributed by atoms with Crippen molar-refractivity contribution in [2.75, 3.05) is 4.72 Å². The molecule has 3 rings (SSSR count). The first-order valence-corrected chi connectivity index (χ1v) is 9.35. The third-order valence-electron chi connectivity index (χ3n) is 4.16. The van der Waals surface area contributed by atoms with Gasteiger partial charge in [-0.1, -0.05) is 50.2 Å². The van der Waals surface area contributed by atoms with Gasteiger partial charge in [-0.3, -0.25) is 4.72 Å². The number of allylic oxidation sites excluding steroid dienone is 1. The summed E-state index contributed by atoms with van der Waals surface area (Å²) in [7, 11) is -3.51. The molecule has 0 aliphatic heterocycles. The fourth-order valence-corrected chi connectivity index (χ4v) is 4.02. The van der Waals surface area contributed by atoms with E-state index in [0.29, 0.717) is 22.9 Å². The molecule has 0 atom stereocenters. The number of hydrogen-bond acceptors (Lipinski definition) is 2. The highest BCUT2D eigenvalue weighted by Crippen LogP contribution is 2.28. The summed E-state index contributed by atoms with van der Waals surface area (Å²) in [6, 6.07) is 15.5. The van der Waals surface area contributed by atoms with Crippen molar-refractivity contribution in [1.82, 2.24) is 0 Å². The van der Waals surface area contributed by atoms with Gasteiger partial charge in [0, 0.05) is 5.69 Å². The molecule has 4 heteroatoms. The van der Waals surface area contributed by atoms with E-state index in [4.69, 9.17) is 0 Å². The number of sulfonamides is 1. The molecular weight excluding hydrogens is 306 g/mol. The topological polar surface area (TPSA) is 46.2 Å². The standard InChI is InChI=1S/C19H21NO2S/c1-14(2)16-8-5-9-18(12-16)20-23(21,22)19-11-10-15-6-3-4-7-17(15)13-19/h3-9,12-14,20H,10-11H2,1-2H3. The van der Waals surface area contributed by atoms with E-state index in [9.17, 15) is 8.42 Å². The molecule has 0 bridgehead atoms. The SMILES string of the molecule is CC(C)c1cccc(NS(=O)(=O)C2=Cc3ccccc3CC2)c1. The highest BCUT2D eigenvalue weighted by atomic mass is 32.2. The predicted octanol–water partition coefficient (Wildman–Crippen LogP) is 4.54. The second-order valence-corrected chi connectivity index (χ2v) is 7.93. The van der Waals surface area contributed by atoms with Crippen molar-refractivity contribution < 1.29 is 8.42 Å². The summed E-state index contributed by atoms with van der Waals surface area (Å²) < 4.78 is 28.1. The number of benzene rings is 2. The average molecular weight is 327 g/mol. The highest BCUT2D eigenvalue weighted by molar-refractivity contribution is 7.96. The minimum atomic E-state index is -3.51. The second-order valence-electron chi connectivity index (χ2n) is 6.20. The van der Waals surface area contributed by atoms with Crippen LogP contribution >= 0.6 is 0 Å². The summed E-state index contributed by atoms with van der Waals surface area (Å²) in [5, 5.41) is 0. The van der Waals surface area contributed by atoms with Gasteiger partial charge < -0.3 is 0 Å². The zero-order valence-corrected chi connectivity index (χ0v) is 14.2. The Hall–Kier alpha value is -2.07. The lowest BCUT2D eigenvalue weighted by Crippen LogP contribution is -2.17. The second kappa shape index (κ2) is 6.20. The van der Waals surface area contributed by atoms with Crippen molar-refractivity contribution in [3.05, 3.63) is 70.1 Å². The van der Waals surface area contributed by atoms with Crippen molar-refractivity contribution in [3.63, 3.8) is 0 Å². The number of anilines is 1. The number of fused-ring (bicyclic) bond motifs is 1. The maximum Gasteiger partial charge on any atom is 0.258 e. The van der Waals surface area contributed by atoms with Crippen molar-refractivity contribution in [2.24, 2.45) is 0 Å². The molecule has 23 heavy (non-hydrogen) atoms. The zero-order chi connectivity index (χ0) is 16.4. The first kappa shape index (κ1) is 15.8. The van der Waals surface area contributed by atoms with Gasteiger partial charge in [0.05, 0.1) is 4.91 Å². The van der Waals surface area contributed by atoms with Crippen LogP contribution in [0.1, 0.15) is 42.9 Å². The minimum Gasteiger partial charge on any atom is -0.280 e. The Morgan fingerprint density at radius 1 is 1.00 bits per heavy atom. The van der Waals surface area contributed by atoms with Crippen LogP contribution in [0, 0.1) is 0 Å². The molecule has 1 N–H and O–H groups in total. The fourth-order valence-electron chi connectivity index (χ4n) is 2.80. The lowest BCUT2D eigenvalue weighted by Gasteiger charge is -2.18. The molecule has 0 saturated carbocycles. The Kier molecular flexibility index (Phi) is 4.26. The number of hydrogen-bond donors (Lipinski definition) is 1. The molecular formula is C19H21NO2S. The lowest BCUT2D eigenvalue weighted by molar-refractivity contribution is 0.605. The van der Waals surface area contributed by atoms with Gasteiger partial charge >= 0.3 is 0 Å². The Morgan fingerprint density at radius 3 is 2.57 bits per heavy atom. The molecule has 2 aromatic carbocycles. The van der Waals surface area contributed by atoms with Crippen LogP contribution in [-0.2, 0) is 16.4 Å². The first-order chi connectivity index (χ1) is 11.0. The van der Waals surface area contributed by atoms with Gasteiger partial charge in [0.2, 0.25) is 0 Å². The normalized spacial score (nSPS) is 14.3. The maximum absolute atomic E-state index is 12.7. The van der Waals surface area contributed by atoms with Crippen LogP contribution in [0.5, 0.6) is 0 Å². The van der Waals surface area contributed by atoms with E-state index in [1.165, 1.54) is 5.56 Å². The van der Waals surface area contributed by atoms with E-state index in [2.05, 4.69) is 24.6 Å². The molecule has 2 aromatic rings. The van der Waals surface area contributed by atoms with Gasteiger partial charge in [0.1, 0.15) is 0 Å². The van der Waals surface area contributed by atoms with Crippen LogP contribution in [-0.4, -0.2) is 8.42 Å². The summed E-state index contributed by atoms with van der Waals surface area (Å²) in [4.78, 5) is 0.450. The number of aryl methyl sites for hydroxylation is 1. The van der Waals surface area contributed by atoms with Crippen LogP contribution in [0.4, 0.5) is 5.69 Å². The van der Waals surface area contributed by atoms with Crippen molar-refractivity contribution in [1.29, 1.82) is 0 Å². The van der Waals surface area contributed by atoms with E-state index in [-0.39, 0.29) is 0 Å². The smallest absolute Gasteiger partial charge is 0.258 e. The molecule has 120 valence electrons. The largest absolute Gasteiger partial charge is 0.280 e. The van der Waals surface area contributed by atoms with Gasteiger partial charge in [-0.2, -0.15) is 0 Å². The van der Waals surface area contributed by atoms with E-state index in [0.717, 1.165) is 17.5 Å². The quantitative estimate of drug-likeness (QED) is 0.896. The summed E-state index contributed by atoms with van der Waals surface area (Å²) in [5.41, 5.74) is 3.94. The van der Waals surface area contributed by atoms with Crippen molar-refractivity contribution in [2.45, 2.75) is 32.6 Å². The van der Waals surface area contributed by atoms with Gasteiger partial charge in [-0.25, -0.2) is 8.42 Å². The summed E-state index contributed by atoms with van der Waals surface area (Å²) in [5.74, 6) is 0.361.